The summed E-state index contributed by atoms with van der Waals surface area (Å²) in [4.78, 5) is 27.2. The fraction of sp³-hybridized carbons (Fsp3) is 0.115. The van der Waals surface area contributed by atoms with Crippen LogP contribution in [0.4, 0.5) is 5.69 Å². The number of benzene rings is 3. The highest BCUT2D eigenvalue weighted by Crippen LogP contribution is 2.46. The third-order valence-corrected chi connectivity index (χ3v) is 6.26. The number of ether oxygens (including phenoxy) is 2. The molecule has 0 bridgehead atoms. The van der Waals surface area contributed by atoms with Gasteiger partial charge in [0.05, 0.1) is 18.9 Å². The maximum Gasteiger partial charge on any atom is 0.357 e. The Labute approximate surface area is 205 Å². The minimum absolute atomic E-state index is 0.0983. The summed E-state index contributed by atoms with van der Waals surface area (Å²) < 4.78 is 11.9. The molecule has 34 heavy (non-hydrogen) atoms. The van der Waals surface area contributed by atoms with Gasteiger partial charge in [-0.05, 0) is 24.3 Å². The third kappa shape index (κ3) is 3.66. The van der Waals surface area contributed by atoms with Gasteiger partial charge in [0.1, 0.15) is 18.1 Å². The van der Waals surface area contributed by atoms with Crippen LogP contribution in [0.1, 0.15) is 11.1 Å². The second-order valence-corrected chi connectivity index (χ2v) is 8.63. The van der Waals surface area contributed by atoms with Crippen LogP contribution < -0.4 is 5.01 Å². The van der Waals surface area contributed by atoms with Gasteiger partial charge in [-0.1, -0.05) is 76.6 Å². The molecule has 170 valence electrons. The van der Waals surface area contributed by atoms with E-state index in [1.165, 1.54) is 13.2 Å². The molecule has 3 aromatic rings. The molecule has 0 amide bonds. The van der Waals surface area contributed by atoms with Crippen LogP contribution in [0.5, 0.6) is 0 Å². The van der Waals surface area contributed by atoms with Crippen molar-refractivity contribution in [3.63, 3.8) is 0 Å². The number of rotatable bonds is 4. The molecule has 2 aliphatic heterocycles. The number of hydrogen-bond donors (Lipinski definition) is 0. The van der Waals surface area contributed by atoms with Gasteiger partial charge in [-0.2, -0.15) is 5.10 Å². The molecule has 0 aromatic heterocycles. The second-order valence-electron chi connectivity index (χ2n) is 7.71. The number of halogens is 1. The Kier molecular flexibility index (Phi) is 5.67. The molecule has 0 aliphatic carbocycles. The number of esters is 2. The Morgan fingerprint density at radius 2 is 1.68 bits per heavy atom. The van der Waals surface area contributed by atoms with Crippen LogP contribution in [-0.4, -0.2) is 36.3 Å². The fourth-order valence-corrected chi connectivity index (χ4v) is 4.42. The topological polar surface area (TPSA) is 71.4 Å². The molecule has 1 saturated heterocycles. The molecular formula is C26H20BrN3O4. The Balaban J connectivity index is 1.78. The highest BCUT2D eigenvalue weighted by molar-refractivity contribution is 9.10. The van der Waals surface area contributed by atoms with Crippen molar-refractivity contribution in [3.05, 3.63) is 112 Å². The molecule has 1 atom stereocenters. The first kappa shape index (κ1) is 21.9. The lowest BCUT2D eigenvalue weighted by molar-refractivity contribution is -0.146. The predicted octanol–water partition coefficient (Wildman–Crippen LogP) is 4.40. The number of carbonyl (C=O) groups is 2. The lowest BCUT2D eigenvalue weighted by Gasteiger charge is -2.44. The minimum atomic E-state index is -1.36. The number of anilines is 1. The summed E-state index contributed by atoms with van der Waals surface area (Å²) in [6, 6.07) is 26.7. The van der Waals surface area contributed by atoms with Gasteiger partial charge in [-0.25, -0.2) is 14.6 Å². The minimum Gasteiger partial charge on any atom is -0.466 e. The highest BCUT2D eigenvalue weighted by atomic mass is 79.9. The largest absolute Gasteiger partial charge is 0.466 e. The first-order chi connectivity index (χ1) is 16.5. The summed E-state index contributed by atoms with van der Waals surface area (Å²) in [7, 11) is 1.27. The molecule has 3 aromatic carbocycles. The number of carbonyl (C=O) groups excluding carboxylic acids is 2. The van der Waals surface area contributed by atoms with E-state index in [-0.39, 0.29) is 12.4 Å². The molecule has 0 spiro atoms. The summed E-state index contributed by atoms with van der Waals surface area (Å²) in [5.41, 5.74) is 1.58. The van der Waals surface area contributed by atoms with Crippen LogP contribution in [0.2, 0.25) is 0 Å². The standard InChI is InChI=1S/C26H20BrN3O4/c1-33-23(31)16-22-25(32)34-26(19-10-6-3-7-11-19)24(18-8-4-2-5-9-18)28-30(17-29(22)26)21-14-12-20(27)13-15-21/h2-16H,17H2,1H3/b22-16-/t26-/m1/s1. The van der Waals surface area contributed by atoms with Crippen LogP contribution >= 0.6 is 15.9 Å². The first-order valence-corrected chi connectivity index (χ1v) is 11.4. The number of nitrogens with zero attached hydrogens (tertiary/aromatic N) is 3. The predicted molar refractivity (Wildman–Crippen MR) is 131 cm³/mol. The van der Waals surface area contributed by atoms with Crippen LogP contribution in [-0.2, 0) is 24.8 Å². The lowest BCUT2D eigenvalue weighted by Crippen LogP contribution is -2.56. The van der Waals surface area contributed by atoms with Crippen molar-refractivity contribution < 1.29 is 19.1 Å². The van der Waals surface area contributed by atoms with E-state index in [9.17, 15) is 9.59 Å². The fourth-order valence-electron chi connectivity index (χ4n) is 4.15. The highest BCUT2D eigenvalue weighted by Gasteiger charge is 2.58. The molecule has 0 N–H and O–H groups in total. The molecule has 0 radical (unpaired) electrons. The average molecular weight is 518 g/mol. The van der Waals surface area contributed by atoms with Crippen molar-refractivity contribution in [1.82, 2.24) is 4.90 Å². The summed E-state index contributed by atoms with van der Waals surface area (Å²) in [6.45, 7) is 0.168. The van der Waals surface area contributed by atoms with Crippen LogP contribution in [0.25, 0.3) is 0 Å². The number of hydrogen-bond acceptors (Lipinski definition) is 7. The van der Waals surface area contributed by atoms with Crippen molar-refractivity contribution in [1.29, 1.82) is 0 Å². The van der Waals surface area contributed by atoms with Crippen molar-refractivity contribution in [2.75, 3.05) is 18.8 Å². The average Bonchev–Trinajstić information content (AvgIpc) is 3.16. The van der Waals surface area contributed by atoms with E-state index in [1.54, 1.807) is 9.91 Å². The molecule has 8 heteroatoms. The van der Waals surface area contributed by atoms with E-state index in [4.69, 9.17) is 14.6 Å². The normalized spacial score (nSPS) is 20.6. The Morgan fingerprint density at radius 3 is 2.32 bits per heavy atom. The van der Waals surface area contributed by atoms with E-state index < -0.39 is 17.7 Å². The van der Waals surface area contributed by atoms with Crippen molar-refractivity contribution in [3.8, 4) is 0 Å². The van der Waals surface area contributed by atoms with Crippen molar-refractivity contribution >= 4 is 39.3 Å². The monoisotopic (exact) mass is 517 g/mol. The summed E-state index contributed by atoms with van der Waals surface area (Å²) in [5.74, 6) is -1.27. The molecule has 2 heterocycles. The van der Waals surface area contributed by atoms with Crippen molar-refractivity contribution in [2.24, 2.45) is 5.10 Å². The molecule has 7 nitrogen and oxygen atoms in total. The Bertz CT molecular complexity index is 1290. The van der Waals surface area contributed by atoms with E-state index >= 15 is 0 Å². The van der Waals surface area contributed by atoms with Gasteiger partial charge in [0.15, 0.2) is 0 Å². The summed E-state index contributed by atoms with van der Waals surface area (Å²) in [6.07, 6.45) is 1.17. The number of methoxy groups -OCH3 is 1. The van der Waals surface area contributed by atoms with Gasteiger partial charge in [0, 0.05) is 15.6 Å². The molecule has 1 fully saturated rings. The summed E-state index contributed by atoms with van der Waals surface area (Å²) >= 11 is 3.46. The van der Waals surface area contributed by atoms with Crippen LogP contribution in [0, 0.1) is 0 Å². The smallest absolute Gasteiger partial charge is 0.357 e. The van der Waals surface area contributed by atoms with Gasteiger partial charge >= 0.3 is 11.9 Å². The van der Waals surface area contributed by atoms with Crippen molar-refractivity contribution in [2.45, 2.75) is 5.72 Å². The lowest BCUT2D eigenvalue weighted by atomic mass is 9.90. The molecule has 0 saturated carbocycles. The van der Waals surface area contributed by atoms with Crippen LogP contribution in [0.15, 0.2) is 106 Å². The number of fused-ring (bicyclic) bond motifs is 1. The van der Waals surface area contributed by atoms with Gasteiger partial charge in [0.25, 0.3) is 5.72 Å². The molecule has 0 unspecified atom stereocenters. The number of hydrazone groups is 1. The zero-order valence-electron chi connectivity index (χ0n) is 18.2. The van der Waals surface area contributed by atoms with E-state index in [0.717, 1.165) is 21.3 Å². The zero-order valence-corrected chi connectivity index (χ0v) is 19.8. The summed E-state index contributed by atoms with van der Waals surface area (Å²) in [5, 5.41) is 6.76. The quantitative estimate of drug-likeness (QED) is 0.377. The Morgan fingerprint density at radius 1 is 1.03 bits per heavy atom. The van der Waals surface area contributed by atoms with Gasteiger partial charge in [0.2, 0.25) is 0 Å². The van der Waals surface area contributed by atoms with E-state index in [2.05, 4.69) is 15.9 Å². The van der Waals surface area contributed by atoms with Gasteiger partial charge in [-0.15, -0.1) is 0 Å². The van der Waals surface area contributed by atoms with E-state index in [0.29, 0.717) is 5.71 Å². The zero-order chi connectivity index (χ0) is 23.7. The Hall–Kier alpha value is -3.91. The maximum atomic E-state index is 13.2. The second kappa shape index (κ2) is 8.79. The first-order valence-electron chi connectivity index (χ1n) is 10.6. The molecular weight excluding hydrogens is 498 g/mol. The van der Waals surface area contributed by atoms with E-state index in [1.807, 2.05) is 84.9 Å². The molecule has 2 aliphatic rings. The SMILES string of the molecule is COC(=O)/C=C1/C(=O)O[C@]2(c3ccccc3)C(c3ccccc3)=NN(c3ccc(Br)cc3)CN12. The van der Waals surface area contributed by atoms with Gasteiger partial charge in [-0.3, -0.25) is 4.90 Å². The maximum absolute atomic E-state index is 13.2. The van der Waals surface area contributed by atoms with Crippen LogP contribution in [0.3, 0.4) is 0 Å². The molecule has 5 rings (SSSR count). The van der Waals surface area contributed by atoms with Gasteiger partial charge < -0.3 is 9.47 Å². The third-order valence-electron chi connectivity index (χ3n) is 5.73.